The Kier molecular flexibility index (Phi) is 5.73. The summed E-state index contributed by atoms with van der Waals surface area (Å²) in [6.07, 6.45) is 2.56. The lowest BCUT2D eigenvalue weighted by Gasteiger charge is -2.20. The van der Waals surface area contributed by atoms with Crippen molar-refractivity contribution in [3.05, 3.63) is 53.1 Å². The average molecular weight is 329 g/mol. The summed E-state index contributed by atoms with van der Waals surface area (Å²) in [4.78, 5) is 32.1. The van der Waals surface area contributed by atoms with Gasteiger partial charge in [-0.1, -0.05) is 26.0 Å². The van der Waals surface area contributed by atoms with Crippen molar-refractivity contribution in [3.63, 3.8) is 0 Å². The number of aromatic nitrogens is 2. The summed E-state index contributed by atoms with van der Waals surface area (Å²) in [6.45, 7) is 5.91. The summed E-state index contributed by atoms with van der Waals surface area (Å²) in [5.41, 5.74) is 2.36. The van der Waals surface area contributed by atoms with Crippen molar-refractivity contribution in [2.45, 2.75) is 33.7 Å². The number of benzene rings is 1. The maximum Gasteiger partial charge on any atom is 0.323 e. The van der Waals surface area contributed by atoms with Crippen LogP contribution in [-0.2, 0) is 17.8 Å². The van der Waals surface area contributed by atoms with Crippen LogP contribution in [0, 0.1) is 12.8 Å². The number of aryl methyl sites for hydroxylation is 1. The van der Waals surface area contributed by atoms with E-state index in [1.165, 1.54) is 4.90 Å². The number of nitrogens with one attached hydrogen (secondary N) is 1. The van der Waals surface area contributed by atoms with E-state index in [2.05, 4.69) is 23.8 Å². The number of aromatic amines is 1. The van der Waals surface area contributed by atoms with Crippen LogP contribution in [0.5, 0.6) is 0 Å². The van der Waals surface area contributed by atoms with Gasteiger partial charge in [-0.25, -0.2) is 4.98 Å². The largest absolute Gasteiger partial charge is 0.480 e. The Morgan fingerprint density at radius 3 is 2.42 bits per heavy atom. The number of imidazole rings is 1. The number of hydrogen-bond donors (Lipinski definition) is 2. The molecule has 0 atom stereocenters. The van der Waals surface area contributed by atoms with E-state index < -0.39 is 5.97 Å². The van der Waals surface area contributed by atoms with Crippen molar-refractivity contribution < 1.29 is 14.7 Å². The third-order valence-corrected chi connectivity index (χ3v) is 3.57. The maximum atomic E-state index is 12.7. The smallest absolute Gasteiger partial charge is 0.323 e. The lowest BCUT2D eigenvalue weighted by Crippen LogP contribution is -2.35. The molecule has 1 aromatic carbocycles. The fraction of sp³-hybridized carbons (Fsp3) is 0.389. The van der Waals surface area contributed by atoms with Gasteiger partial charge < -0.3 is 15.0 Å². The SMILES string of the molecule is Cc1ncc(CN(CC(=O)O)C(=O)c2ccc(CC(C)C)cc2)[nH]1. The first kappa shape index (κ1) is 17.7. The Labute approximate surface area is 141 Å². The summed E-state index contributed by atoms with van der Waals surface area (Å²) in [7, 11) is 0. The summed E-state index contributed by atoms with van der Waals surface area (Å²) in [5, 5.41) is 9.09. The topological polar surface area (TPSA) is 86.3 Å². The molecule has 0 aliphatic rings. The predicted octanol–water partition coefficient (Wildman–Crippen LogP) is 2.64. The van der Waals surface area contributed by atoms with Gasteiger partial charge in [-0.05, 0) is 37.0 Å². The first-order valence-corrected chi connectivity index (χ1v) is 7.95. The highest BCUT2D eigenvalue weighted by Crippen LogP contribution is 2.13. The zero-order chi connectivity index (χ0) is 17.7. The van der Waals surface area contributed by atoms with Crippen LogP contribution < -0.4 is 0 Å². The van der Waals surface area contributed by atoms with Crippen molar-refractivity contribution >= 4 is 11.9 Å². The molecule has 0 saturated carbocycles. The third-order valence-electron chi connectivity index (χ3n) is 3.57. The van der Waals surface area contributed by atoms with E-state index in [0.29, 0.717) is 17.2 Å². The van der Waals surface area contributed by atoms with E-state index in [0.717, 1.165) is 17.8 Å². The van der Waals surface area contributed by atoms with Crippen LogP contribution in [0.1, 0.15) is 41.3 Å². The van der Waals surface area contributed by atoms with Crippen LogP contribution in [0.15, 0.2) is 30.5 Å². The number of H-pyrrole nitrogens is 1. The Morgan fingerprint density at radius 2 is 1.92 bits per heavy atom. The monoisotopic (exact) mass is 329 g/mol. The summed E-state index contributed by atoms with van der Waals surface area (Å²) < 4.78 is 0. The second-order valence-corrected chi connectivity index (χ2v) is 6.34. The second kappa shape index (κ2) is 7.77. The molecule has 0 bridgehead atoms. The zero-order valence-electron chi connectivity index (χ0n) is 14.2. The van der Waals surface area contributed by atoms with Gasteiger partial charge in [0.25, 0.3) is 5.91 Å². The van der Waals surface area contributed by atoms with Gasteiger partial charge >= 0.3 is 5.97 Å². The van der Waals surface area contributed by atoms with Crippen LogP contribution >= 0.6 is 0 Å². The van der Waals surface area contributed by atoms with Gasteiger partial charge in [0.2, 0.25) is 0 Å². The highest BCUT2D eigenvalue weighted by Gasteiger charge is 2.19. The molecular formula is C18H23N3O3. The predicted molar refractivity (Wildman–Crippen MR) is 90.7 cm³/mol. The number of carbonyl (C=O) groups is 2. The molecule has 1 aromatic heterocycles. The van der Waals surface area contributed by atoms with Crippen molar-refractivity contribution in [2.75, 3.05) is 6.54 Å². The van der Waals surface area contributed by atoms with Crippen molar-refractivity contribution in [3.8, 4) is 0 Å². The van der Waals surface area contributed by atoms with E-state index in [1.54, 1.807) is 25.3 Å². The lowest BCUT2D eigenvalue weighted by molar-refractivity contribution is -0.137. The molecule has 0 aliphatic heterocycles. The maximum absolute atomic E-state index is 12.7. The zero-order valence-corrected chi connectivity index (χ0v) is 14.2. The van der Waals surface area contributed by atoms with E-state index in [-0.39, 0.29) is 19.0 Å². The van der Waals surface area contributed by atoms with Crippen molar-refractivity contribution in [1.82, 2.24) is 14.9 Å². The number of nitrogens with zero attached hydrogens (tertiary/aromatic N) is 2. The summed E-state index contributed by atoms with van der Waals surface area (Å²) >= 11 is 0. The average Bonchev–Trinajstić information content (AvgIpc) is 2.91. The molecule has 6 nitrogen and oxygen atoms in total. The normalized spacial score (nSPS) is 10.8. The first-order valence-electron chi connectivity index (χ1n) is 7.95. The molecule has 0 unspecified atom stereocenters. The van der Waals surface area contributed by atoms with Gasteiger partial charge in [-0.2, -0.15) is 0 Å². The van der Waals surface area contributed by atoms with Crippen molar-refractivity contribution in [2.24, 2.45) is 5.92 Å². The number of aliphatic carboxylic acids is 1. The number of hydrogen-bond acceptors (Lipinski definition) is 3. The van der Waals surface area contributed by atoms with Gasteiger partial charge in [0, 0.05) is 5.56 Å². The first-order chi connectivity index (χ1) is 11.3. The van der Waals surface area contributed by atoms with E-state index in [9.17, 15) is 9.59 Å². The molecule has 1 heterocycles. The molecule has 24 heavy (non-hydrogen) atoms. The molecule has 0 saturated heterocycles. The number of carboxylic acids is 1. The molecule has 2 rings (SSSR count). The fourth-order valence-electron chi connectivity index (χ4n) is 2.56. The summed E-state index contributed by atoms with van der Waals surface area (Å²) in [5.74, 6) is -0.0822. The Balaban J connectivity index is 2.15. The molecule has 128 valence electrons. The second-order valence-electron chi connectivity index (χ2n) is 6.34. The van der Waals surface area contributed by atoms with Gasteiger partial charge in [0.05, 0.1) is 18.4 Å². The highest BCUT2D eigenvalue weighted by atomic mass is 16.4. The number of rotatable bonds is 7. The van der Waals surface area contributed by atoms with E-state index in [1.807, 2.05) is 12.1 Å². The van der Waals surface area contributed by atoms with Gasteiger partial charge in [0.1, 0.15) is 12.4 Å². The number of carbonyl (C=O) groups excluding carboxylic acids is 1. The molecule has 6 heteroatoms. The van der Waals surface area contributed by atoms with Crippen LogP contribution in [0.3, 0.4) is 0 Å². The lowest BCUT2D eigenvalue weighted by atomic mass is 10.0. The highest BCUT2D eigenvalue weighted by molar-refractivity contribution is 5.95. The van der Waals surface area contributed by atoms with E-state index >= 15 is 0 Å². The van der Waals surface area contributed by atoms with Gasteiger partial charge in [-0.15, -0.1) is 0 Å². The molecule has 0 spiro atoms. The standard InChI is InChI=1S/C18H23N3O3/c1-12(2)8-14-4-6-15(7-5-14)18(24)21(11-17(22)23)10-16-9-19-13(3)20-16/h4-7,9,12H,8,10-11H2,1-3H3,(H,19,20)(H,22,23). The Morgan fingerprint density at radius 1 is 1.25 bits per heavy atom. The summed E-state index contributed by atoms with van der Waals surface area (Å²) in [6, 6.07) is 7.36. The van der Waals surface area contributed by atoms with Gasteiger partial charge in [0.15, 0.2) is 0 Å². The van der Waals surface area contributed by atoms with Crippen LogP contribution in [0.25, 0.3) is 0 Å². The minimum atomic E-state index is -1.05. The fourth-order valence-corrected chi connectivity index (χ4v) is 2.56. The Bertz CT molecular complexity index is 705. The molecule has 2 aromatic rings. The molecule has 2 N–H and O–H groups in total. The number of carboxylic acid groups (broad SMARTS) is 1. The van der Waals surface area contributed by atoms with Crippen LogP contribution in [0.4, 0.5) is 0 Å². The van der Waals surface area contributed by atoms with Gasteiger partial charge in [-0.3, -0.25) is 9.59 Å². The molecule has 1 amide bonds. The van der Waals surface area contributed by atoms with E-state index in [4.69, 9.17) is 5.11 Å². The molecule has 0 fully saturated rings. The molecule has 0 radical (unpaired) electrons. The van der Waals surface area contributed by atoms with Crippen LogP contribution in [-0.4, -0.2) is 38.4 Å². The van der Waals surface area contributed by atoms with Crippen LogP contribution in [0.2, 0.25) is 0 Å². The molecular weight excluding hydrogens is 306 g/mol. The Hall–Kier alpha value is -2.63. The minimum Gasteiger partial charge on any atom is -0.480 e. The minimum absolute atomic E-state index is 0.180. The quantitative estimate of drug-likeness (QED) is 0.817. The third kappa shape index (κ3) is 4.94. The molecule has 0 aliphatic carbocycles. The number of amides is 1. The van der Waals surface area contributed by atoms with Crippen molar-refractivity contribution in [1.29, 1.82) is 0 Å².